The highest BCUT2D eigenvalue weighted by Crippen LogP contribution is 2.27. The van der Waals surface area contributed by atoms with Gasteiger partial charge in [0.1, 0.15) is 4.90 Å². The van der Waals surface area contributed by atoms with Crippen LogP contribution < -0.4 is 5.73 Å². The van der Waals surface area contributed by atoms with Crippen LogP contribution in [0.3, 0.4) is 0 Å². The first-order chi connectivity index (χ1) is 8.86. The van der Waals surface area contributed by atoms with Crippen molar-refractivity contribution in [3.63, 3.8) is 0 Å². The summed E-state index contributed by atoms with van der Waals surface area (Å²) in [5.74, 6) is -2.30. The van der Waals surface area contributed by atoms with Gasteiger partial charge in [-0.3, -0.25) is 0 Å². The molecule has 0 aromatic heterocycles. The quantitative estimate of drug-likeness (QED) is 0.916. The lowest BCUT2D eigenvalue weighted by Crippen LogP contribution is -2.29. The zero-order valence-electron chi connectivity index (χ0n) is 10.6. The third-order valence-corrected chi connectivity index (χ3v) is 5.16. The number of nitrogens with zero attached hydrogens (tertiary/aromatic N) is 1. The second-order valence-electron chi connectivity index (χ2n) is 4.85. The second-order valence-corrected chi connectivity index (χ2v) is 6.76. The third kappa shape index (κ3) is 2.63. The van der Waals surface area contributed by atoms with E-state index in [0.717, 1.165) is 18.6 Å². The van der Waals surface area contributed by atoms with Crippen LogP contribution in [0.15, 0.2) is 17.0 Å². The molecule has 1 saturated heterocycles. The predicted molar refractivity (Wildman–Crippen MR) is 66.8 cm³/mol. The summed E-state index contributed by atoms with van der Waals surface area (Å²) in [4.78, 5) is -0.623. The van der Waals surface area contributed by atoms with Crippen molar-refractivity contribution in [2.75, 3.05) is 13.1 Å². The van der Waals surface area contributed by atoms with Gasteiger partial charge in [0.2, 0.25) is 10.0 Å². The summed E-state index contributed by atoms with van der Waals surface area (Å²) in [6, 6.07) is 2.03. The number of benzene rings is 1. The maximum atomic E-state index is 13.7. The fraction of sp³-hybridized carbons (Fsp3) is 0.500. The predicted octanol–water partition coefficient (Wildman–Crippen LogP) is 1.45. The van der Waals surface area contributed by atoms with E-state index >= 15 is 0 Å². The van der Waals surface area contributed by atoms with Crippen molar-refractivity contribution in [3.05, 3.63) is 29.3 Å². The summed E-state index contributed by atoms with van der Waals surface area (Å²) < 4.78 is 52.9. The highest BCUT2D eigenvalue weighted by molar-refractivity contribution is 7.89. The molecule has 1 unspecified atom stereocenters. The van der Waals surface area contributed by atoms with E-state index in [9.17, 15) is 17.2 Å². The Morgan fingerprint density at radius 1 is 1.42 bits per heavy atom. The summed E-state index contributed by atoms with van der Waals surface area (Å²) in [5.41, 5.74) is 5.61. The van der Waals surface area contributed by atoms with Gasteiger partial charge in [-0.25, -0.2) is 17.2 Å². The maximum Gasteiger partial charge on any atom is 0.246 e. The second kappa shape index (κ2) is 5.15. The zero-order valence-corrected chi connectivity index (χ0v) is 11.4. The van der Waals surface area contributed by atoms with Crippen LogP contribution in [-0.4, -0.2) is 25.8 Å². The molecule has 2 rings (SSSR count). The first-order valence-electron chi connectivity index (χ1n) is 6.04. The molecule has 1 atom stereocenters. The van der Waals surface area contributed by atoms with Crippen LogP contribution in [0.1, 0.15) is 18.9 Å². The molecule has 7 heteroatoms. The highest BCUT2D eigenvalue weighted by Gasteiger charge is 2.33. The Bertz CT molecular complexity index is 590. The molecule has 0 amide bonds. The standard InChI is InChI=1S/C12H16F2N2O2S/c1-8-2-3-16(7-8)19(17,18)11-5-9(6-15)4-10(13)12(11)14/h4-5,8H,2-3,6-7,15H2,1H3. The maximum absolute atomic E-state index is 13.7. The lowest BCUT2D eigenvalue weighted by atomic mass is 10.2. The minimum Gasteiger partial charge on any atom is -0.326 e. The monoisotopic (exact) mass is 290 g/mol. The fourth-order valence-corrected chi connectivity index (χ4v) is 3.87. The lowest BCUT2D eigenvalue weighted by molar-refractivity contribution is 0.445. The lowest BCUT2D eigenvalue weighted by Gasteiger charge is -2.17. The van der Waals surface area contributed by atoms with E-state index in [0.29, 0.717) is 13.1 Å². The summed E-state index contributed by atoms with van der Waals surface area (Å²) >= 11 is 0. The Hall–Kier alpha value is -1.05. The molecule has 1 aromatic rings. The Morgan fingerprint density at radius 2 is 2.11 bits per heavy atom. The van der Waals surface area contributed by atoms with Gasteiger partial charge in [0.05, 0.1) is 0 Å². The van der Waals surface area contributed by atoms with Crippen molar-refractivity contribution >= 4 is 10.0 Å². The van der Waals surface area contributed by atoms with E-state index in [1.165, 1.54) is 4.31 Å². The molecule has 0 radical (unpaired) electrons. The van der Waals surface area contributed by atoms with Gasteiger partial charge in [-0.2, -0.15) is 4.31 Å². The number of hydrogen-bond donors (Lipinski definition) is 1. The molecule has 19 heavy (non-hydrogen) atoms. The third-order valence-electron chi connectivity index (χ3n) is 3.29. The number of nitrogens with two attached hydrogens (primary N) is 1. The number of halogens is 2. The summed E-state index contributed by atoms with van der Waals surface area (Å²) in [5, 5.41) is 0. The molecule has 2 N–H and O–H groups in total. The molecule has 0 spiro atoms. The molecular weight excluding hydrogens is 274 g/mol. The zero-order chi connectivity index (χ0) is 14.2. The minimum absolute atomic E-state index is 0.0455. The Kier molecular flexibility index (Phi) is 3.89. The van der Waals surface area contributed by atoms with Gasteiger partial charge in [-0.15, -0.1) is 0 Å². The summed E-state index contributed by atoms with van der Waals surface area (Å²) in [7, 11) is -3.99. The smallest absolute Gasteiger partial charge is 0.246 e. The fourth-order valence-electron chi connectivity index (χ4n) is 2.17. The van der Waals surface area contributed by atoms with Crippen molar-refractivity contribution in [1.82, 2.24) is 4.31 Å². The van der Waals surface area contributed by atoms with E-state index in [1.807, 2.05) is 6.92 Å². The Labute approximate surface area is 111 Å². The van der Waals surface area contributed by atoms with Gasteiger partial charge < -0.3 is 5.73 Å². The van der Waals surface area contributed by atoms with Crippen LogP contribution in [0, 0.1) is 17.6 Å². The van der Waals surface area contributed by atoms with Gasteiger partial charge in [-0.05, 0) is 30.0 Å². The molecule has 4 nitrogen and oxygen atoms in total. The Balaban J connectivity index is 2.48. The largest absolute Gasteiger partial charge is 0.326 e. The van der Waals surface area contributed by atoms with Crippen molar-refractivity contribution in [2.24, 2.45) is 11.7 Å². The van der Waals surface area contributed by atoms with Gasteiger partial charge >= 0.3 is 0 Å². The van der Waals surface area contributed by atoms with Gasteiger partial charge in [0.15, 0.2) is 11.6 Å². The number of hydrogen-bond acceptors (Lipinski definition) is 3. The SMILES string of the molecule is CC1CCN(S(=O)(=O)c2cc(CN)cc(F)c2F)C1. The average Bonchev–Trinajstić information content (AvgIpc) is 2.79. The first kappa shape index (κ1) is 14.4. The molecule has 0 saturated carbocycles. The van der Waals surface area contributed by atoms with Crippen molar-refractivity contribution in [1.29, 1.82) is 0 Å². The van der Waals surface area contributed by atoms with Gasteiger partial charge in [0, 0.05) is 19.6 Å². The van der Waals surface area contributed by atoms with E-state index in [-0.39, 0.29) is 18.0 Å². The summed E-state index contributed by atoms with van der Waals surface area (Å²) in [6.45, 7) is 2.53. The van der Waals surface area contributed by atoms with Crippen molar-refractivity contribution < 1.29 is 17.2 Å². The molecule has 0 aliphatic carbocycles. The molecule has 0 bridgehead atoms. The van der Waals surface area contributed by atoms with E-state index < -0.39 is 26.6 Å². The van der Waals surface area contributed by atoms with E-state index in [1.54, 1.807) is 0 Å². The topological polar surface area (TPSA) is 63.4 Å². The average molecular weight is 290 g/mol. The molecule has 1 aromatic carbocycles. The van der Waals surface area contributed by atoms with E-state index in [4.69, 9.17) is 5.73 Å². The molecule has 1 aliphatic heterocycles. The van der Waals surface area contributed by atoms with Crippen molar-refractivity contribution in [3.8, 4) is 0 Å². The van der Waals surface area contributed by atoms with Crippen molar-refractivity contribution in [2.45, 2.75) is 24.8 Å². The highest BCUT2D eigenvalue weighted by atomic mass is 32.2. The van der Waals surface area contributed by atoms with Crippen LogP contribution in [0.5, 0.6) is 0 Å². The van der Waals surface area contributed by atoms with Gasteiger partial charge in [-0.1, -0.05) is 6.92 Å². The Morgan fingerprint density at radius 3 is 2.63 bits per heavy atom. The molecule has 1 aliphatic rings. The van der Waals surface area contributed by atoms with Crippen LogP contribution in [0.2, 0.25) is 0 Å². The molecule has 1 fully saturated rings. The van der Waals surface area contributed by atoms with E-state index in [2.05, 4.69) is 0 Å². The summed E-state index contributed by atoms with van der Waals surface area (Å²) in [6.07, 6.45) is 0.722. The first-order valence-corrected chi connectivity index (χ1v) is 7.48. The van der Waals surface area contributed by atoms with Crippen LogP contribution in [-0.2, 0) is 16.6 Å². The number of rotatable bonds is 3. The molecular formula is C12H16F2N2O2S. The van der Waals surface area contributed by atoms with Crippen LogP contribution in [0.25, 0.3) is 0 Å². The van der Waals surface area contributed by atoms with Crippen LogP contribution in [0.4, 0.5) is 8.78 Å². The number of sulfonamides is 1. The minimum atomic E-state index is -3.99. The molecule has 106 valence electrons. The van der Waals surface area contributed by atoms with Crippen LogP contribution >= 0.6 is 0 Å². The normalized spacial score (nSPS) is 20.9. The molecule has 1 heterocycles. The van der Waals surface area contributed by atoms with Gasteiger partial charge in [0.25, 0.3) is 0 Å².